The summed E-state index contributed by atoms with van der Waals surface area (Å²) in [4.78, 5) is 30.5. The van der Waals surface area contributed by atoms with Gasteiger partial charge in [0.2, 0.25) is 5.91 Å². The second-order valence-electron chi connectivity index (χ2n) is 7.83. The molecule has 6 nitrogen and oxygen atoms in total. The Balaban J connectivity index is 1.59. The van der Waals surface area contributed by atoms with Gasteiger partial charge in [-0.25, -0.2) is 4.98 Å². The molecule has 0 aliphatic rings. The zero-order valence-corrected chi connectivity index (χ0v) is 19.5. The van der Waals surface area contributed by atoms with E-state index in [0.29, 0.717) is 16.5 Å². The van der Waals surface area contributed by atoms with Crippen LogP contribution >= 0.6 is 11.8 Å². The van der Waals surface area contributed by atoms with E-state index in [2.05, 4.69) is 21.5 Å². The first-order valence-corrected chi connectivity index (χ1v) is 11.5. The standard InChI is InChI=1S/C26H24N4O2S/c1-17-13-18(2)15-21(14-17)27-23(31)16-33-26-28-24(20-10-5-4-6-11-20)29-30(26)25(32)22-12-8-7-9-19(22)3/h4-15H,16H2,1-3H3,(H,27,31). The van der Waals surface area contributed by atoms with E-state index >= 15 is 0 Å². The van der Waals surface area contributed by atoms with Crippen molar-refractivity contribution in [2.24, 2.45) is 0 Å². The molecule has 4 rings (SSSR count). The van der Waals surface area contributed by atoms with Gasteiger partial charge in [0.05, 0.1) is 5.75 Å². The summed E-state index contributed by atoms with van der Waals surface area (Å²) in [6.07, 6.45) is 0. The number of amides is 1. The fraction of sp³-hybridized carbons (Fsp3) is 0.154. The minimum Gasteiger partial charge on any atom is -0.325 e. The summed E-state index contributed by atoms with van der Waals surface area (Å²) in [7, 11) is 0. The molecule has 0 bridgehead atoms. The van der Waals surface area contributed by atoms with Gasteiger partial charge in [-0.05, 0) is 55.7 Å². The summed E-state index contributed by atoms with van der Waals surface area (Å²) < 4.78 is 1.29. The van der Waals surface area contributed by atoms with Crippen molar-refractivity contribution in [3.05, 3.63) is 95.1 Å². The molecule has 0 unspecified atom stereocenters. The molecule has 0 radical (unpaired) electrons. The molecule has 0 saturated heterocycles. The summed E-state index contributed by atoms with van der Waals surface area (Å²) in [5.74, 6) is 0.0833. The van der Waals surface area contributed by atoms with Crippen LogP contribution in [0.4, 0.5) is 5.69 Å². The summed E-state index contributed by atoms with van der Waals surface area (Å²) >= 11 is 1.18. The zero-order chi connectivity index (χ0) is 23.4. The molecule has 3 aromatic carbocycles. The van der Waals surface area contributed by atoms with Gasteiger partial charge in [0.15, 0.2) is 11.0 Å². The highest BCUT2D eigenvalue weighted by Gasteiger charge is 2.21. The van der Waals surface area contributed by atoms with Crippen LogP contribution < -0.4 is 5.32 Å². The lowest BCUT2D eigenvalue weighted by molar-refractivity contribution is -0.113. The van der Waals surface area contributed by atoms with Gasteiger partial charge >= 0.3 is 0 Å². The summed E-state index contributed by atoms with van der Waals surface area (Å²) in [6, 6.07) is 22.7. The first kappa shape index (κ1) is 22.5. The Morgan fingerprint density at radius 2 is 1.58 bits per heavy atom. The van der Waals surface area contributed by atoms with E-state index in [9.17, 15) is 9.59 Å². The van der Waals surface area contributed by atoms with Crippen LogP contribution in [0.2, 0.25) is 0 Å². The molecule has 1 heterocycles. The lowest BCUT2D eigenvalue weighted by Gasteiger charge is -2.08. The molecule has 166 valence electrons. The van der Waals surface area contributed by atoms with Crippen LogP contribution in [0.3, 0.4) is 0 Å². The molecule has 0 saturated carbocycles. The van der Waals surface area contributed by atoms with E-state index in [0.717, 1.165) is 27.9 Å². The Morgan fingerprint density at radius 1 is 0.909 bits per heavy atom. The fourth-order valence-electron chi connectivity index (χ4n) is 3.53. The maximum Gasteiger partial charge on any atom is 0.280 e. The number of aryl methyl sites for hydroxylation is 3. The van der Waals surface area contributed by atoms with Crippen LogP contribution in [0, 0.1) is 20.8 Å². The molecule has 0 fully saturated rings. The van der Waals surface area contributed by atoms with Crippen molar-refractivity contribution in [3.8, 4) is 11.4 Å². The van der Waals surface area contributed by atoms with E-state index in [1.807, 2.05) is 81.4 Å². The summed E-state index contributed by atoms with van der Waals surface area (Å²) in [5.41, 5.74) is 5.10. The van der Waals surface area contributed by atoms with Crippen LogP contribution in [0.1, 0.15) is 27.0 Å². The predicted octanol–water partition coefficient (Wildman–Crippen LogP) is 5.29. The Hall–Kier alpha value is -3.71. The second kappa shape index (κ2) is 9.83. The smallest absolute Gasteiger partial charge is 0.280 e. The number of anilines is 1. The Morgan fingerprint density at radius 3 is 2.27 bits per heavy atom. The van der Waals surface area contributed by atoms with Gasteiger partial charge in [-0.1, -0.05) is 66.4 Å². The first-order valence-electron chi connectivity index (χ1n) is 10.5. The van der Waals surface area contributed by atoms with E-state index in [1.165, 1.54) is 16.4 Å². The van der Waals surface area contributed by atoms with E-state index in [-0.39, 0.29) is 17.6 Å². The lowest BCUT2D eigenvalue weighted by Crippen LogP contribution is -2.18. The molecule has 0 atom stereocenters. The third-order valence-corrected chi connectivity index (χ3v) is 5.94. The van der Waals surface area contributed by atoms with Gasteiger partial charge in [0.1, 0.15) is 0 Å². The number of benzene rings is 3. The topological polar surface area (TPSA) is 76.9 Å². The van der Waals surface area contributed by atoms with E-state index in [1.54, 1.807) is 6.07 Å². The number of nitrogens with zero attached hydrogens (tertiary/aromatic N) is 3. The predicted molar refractivity (Wildman–Crippen MR) is 132 cm³/mol. The third-order valence-electron chi connectivity index (χ3n) is 5.02. The van der Waals surface area contributed by atoms with Gasteiger partial charge in [0.25, 0.3) is 5.91 Å². The molecule has 0 aliphatic heterocycles. The number of hydrogen-bond acceptors (Lipinski definition) is 5. The first-order chi connectivity index (χ1) is 15.9. The molecular weight excluding hydrogens is 432 g/mol. The second-order valence-corrected chi connectivity index (χ2v) is 8.77. The SMILES string of the molecule is Cc1cc(C)cc(NC(=O)CSc2nc(-c3ccccc3)nn2C(=O)c2ccccc2C)c1. The van der Waals surface area contributed by atoms with Crippen LogP contribution in [-0.4, -0.2) is 32.3 Å². The molecule has 1 N–H and O–H groups in total. The van der Waals surface area contributed by atoms with E-state index in [4.69, 9.17) is 0 Å². The van der Waals surface area contributed by atoms with Crippen molar-refractivity contribution in [1.29, 1.82) is 0 Å². The van der Waals surface area contributed by atoms with E-state index < -0.39 is 0 Å². The highest BCUT2D eigenvalue weighted by Crippen LogP contribution is 2.24. The van der Waals surface area contributed by atoms with Crippen LogP contribution in [0.15, 0.2) is 78.0 Å². The maximum atomic E-state index is 13.3. The van der Waals surface area contributed by atoms with Crippen molar-refractivity contribution in [3.63, 3.8) is 0 Å². The van der Waals surface area contributed by atoms with Gasteiger partial charge in [-0.3, -0.25) is 9.59 Å². The van der Waals surface area contributed by atoms with Crippen molar-refractivity contribution in [2.75, 3.05) is 11.1 Å². The molecule has 4 aromatic rings. The number of aromatic nitrogens is 3. The minimum absolute atomic E-state index is 0.0982. The Kier molecular flexibility index (Phi) is 6.70. The van der Waals surface area contributed by atoms with Crippen molar-refractivity contribution < 1.29 is 9.59 Å². The van der Waals surface area contributed by atoms with Gasteiger partial charge in [0, 0.05) is 16.8 Å². The maximum absolute atomic E-state index is 13.3. The fourth-order valence-corrected chi connectivity index (χ4v) is 4.26. The van der Waals surface area contributed by atoms with Crippen molar-refractivity contribution in [1.82, 2.24) is 14.8 Å². The molecular formula is C26H24N4O2S. The normalized spacial score (nSPS) is 10.8. The van der Waals surface area contributed by atoms with Crippen LogP contribution in [0.5, 0.6) is 0 Å². The number of thioether (sulfide) groups is 1. The largest absolute Gasteiger partial charge is 0.325 e. The molecule has 1 aromatic heterocycles. The number of nitrogens with one attached hydrogen (secondary N) is 1. The van der Waals surface area contributed by atoms with Crippen LogP contribution in [-0.2, 0) is 4.79 Å². The highest BCUT2D eigenvalue weighted by molar-refractivity contribution is 7.99. The monoisotopic (exact) mass is 456 g/mol. The number of rotatable bonds is 6. The van der Waals surface area contributed by atoms with Crippen molar-refractivity contribution >= 4 is 29.3 Å². The third kappa shape index (κ3) is 5.38. The van der Waals surface area contributed by atoms with Gasteiger partial charge < -0.3 is 5.32 Å². The molecule has 33 heavy (non-hydrogen) atoms. The summed E-state index contributed by atoms with van der Waals surface area (Å²) in [6.45, 7) is 5.86. The molecule has 7 heteroatoms. The Labute approximate surface area is 197 Å². The van der Waals surface area contributed by atoms with Crippen LogP contribution in [0.25, 0.3) is 11.4 Å². The quantitative estimate of drug-likeness (QED) is 0.399. The average molecular weight is 457 g/mol. The Bertz CT molecular complexity index is 1290. The average Bonchev–Trinajstić information content (AvgIpc) is 3.22. The highest BCUT2D eigenvalue weighted by atomic mass is 32.2. The van der Waals surface area contributed by atoms with Crippen molar-refractivity contribution in [2.45, 2.75) is 25.9 Å². The van der Waals surface area contributed by atoms with Gasteiger partial charge in [-0.2, -0.15) is 4.68 Å². The number of carbonyl (C=O) groups excluding carboxylic acids is 2. The zero-order valence-electron chi connectivity index (χ0n) is 18.7. The van der Waals surface area contributed by atoms with Gasteiger partial charge in [-0.15, -0.1) is 5.10 Å². The molecule has 1 amide bonds. The number of carbonyl (C=O) groups is 2. The minimum atomic E-state index is -0.278. The molecule has 0 spiro atoms. The number of hydrogen-bond donors (Lipinski definition) is 1. The summed E-state index contributed by atoms with van der Waals surface area (Å²) in [5, 5.41) is 7.78. The molecule has 0 aliphatic carbocycles. The lowest BCUT2D eigenvalue weighted by atomic mass is 10.1.